The molecule has 1 amide bonds. The fraction of sp³-hybridized carbons (Fsp3) is 0.556. The SMILES string of the molecule is CN=C(NCCCNC(=O)c1cccc(Br)c1)NC1CCC(SC)C1.I. The largest absolute Gasteiger partial charge is 0.356 e. The van der Waals surface area contributed by atoms with Crippen molar-refractivity contribution in [3.8, 4) is 0 Å². The van der Waals surface area contributed by atoms with E-state index in [9.17, 15) is 4.79 Å². The molecule has 0 aliphatic heterocycles. The first kappa shape index (κ1) is 23.6. The van der Waals surface area contributed by atoms with E-state index in [1.165, 1.54) is 19.3 Å². The van der Waals surface area contributed by atoms with Crippen LogP contribution in [-0.4, -0.2) is 49.6 Å². The van der Waals surface area contributed by atoms with Gasteiger partial charge < -0.3 is 16.0 Å². The van der Waals surface area contributed by atoms with Crippen molar-refractivity contribution in [1.29, 1.82) is 0 Å². The molecule has 0 bridgehead atoms. The Labute approximate surface area is 186 Å². The van der Waals surface area contributed by atoms with Crippen LogP contribution in [0.5, 0.6) is 0 Å². The van der Waals surface area contributed by atoms with E-state index in [0.29, 0.717) is 18.2 Å². The molecule has 3 N–H and O–H groups in total. The maximum atomic E-state index is 12.0. The number of hydrogen-bond acceptors (Lipinski definition) is 3. The van der Waals surface area contributed by atoms with Crippen molar-refractivity contribution in [2.75, 3.05) is 26.4 Å². The third-order valence-electron chi connectivity index (χ3n) is 4.30. The normalized spacial score (nSPS) is 19.6. The minimum Gasteiger partial charge on any atom is -0.356 e. The van der Waals surface area contributed by atoms with Gasteiger partial charge in [-0.15, -0.1) is 24.0 Å². The van der Waals surface area contributed by atoms with Gasteiger partial charge in [0.1, 0.15) is 0 Å². The van der Waals surface area contributed by atoms with E-state index in [0.717, 1.165) is 28.6 Å². The number of amides is 1. The number of halogens is 2. The van der Waals surface area contributed by atoms with Crippen molar-refractivity contribution in [2.45, 2.75) is 37.0 Å². The number of nitrogens with zero attached hydrogens (tertiary/aromatic N) is 1. The summed E-state index contributed by atoms with van der Waals surface area (Å²) in [6.45, 7) is 1.41. The molecule has 8 heteroatoms. The molecule has 1 aliphatic rings. The monoisotopic (exact) mass is 554 g/mol. The van der Waals surface area contributed by atoms with Crippen molar-refractivity contribution in [2.24, 2.45) is 4.99 Å². The first-order valence-corrected chi connectivity index (χ1v) is 10.7. The van der Waals surface area contributed by atoms with Gasteiger partial charge in [-0.25, -0.2) is 0 Å². The smallest absolute Gasteiger partial charge is 0.251 e. The number of nitrogens with one attached hydrogen (secondary N) is 3. The van der Waals surface area contributed by atoms with E-state index < -0.39 is 0 Å². The van der Waals surface area contributed by atoms with Crippen LogP contribution in [0.2, 0.25) is 0 Å². The van der Waals surface area contributed by atoms with Crippen LogP contribution in [0.4, 0.5) is 0 Å². The topological polar surface area (TPSA) is 65.5 Å². The first-order chi connectivity index (χ1) is 12.1. The summed E-state index contributed by atoms with van der Waals surface area (Å²) in [5.41, 5.74) is 0.671. The number of carbonyl (C=O) groups excluding carboxylic acids is 1. The molecule has 1 saturated carbocycles. The van der Waals surface area contributed by atoms with E-state index >= 15 is 0 Å². The van der Waals surface area contributed by atoms with Crippen LogP contribution >= 0.6 is 51.7 Å². The molecule has 2 rings (SSSR count). The predicted octanol–water partition coefficient (Wildman–Crippen LogP) is 3.64. The molecule has 5 nitrogen and oxygen atoms in total. The number of rotatable bonds is 7. The standard InChI is InChI=1S/C18H27BrN4OS.HI/c1-20-18(23-15-7-8-16(12-15)25-2)22-10-4-9-21-17(24)13-5-3-6-14(19)11-13;/h3,5-6,11,15-16H,4,7-10,12H2,1-2H3,(H,21,24)(H2,20,22,23);1H. The average Bonchev–Trinajstić information content (AvgIpc) is 3.07. The average molecular weight is 555 g/mol. The van der Waals surface area contributed by atoms with Crippen LogP contribution in [0.25, 0.3) is 0 Å². The van der Waals surface area contributed by atoms with E-state index in [2.05, 4.69) is 43.1 Å². The number of benzene rings is 1. The lowest BCUT2D eigenvalue weighted by molar-refractivity contribution is 0.0953. The van der Waals surface area contributed by atoms with Crippen LogP contribution in [0.3, 0.4) is 0 Å². The Kier molecular flexibility index (Phi) is 11.6. The summed E-state index contributed by atoms with van der Waals surface area (Å²) >= 11 is 5.33. The van der Waals surface area contributed by atoms with E-state index in [1.54, 1.807) is 7.05 Å². The molecule has 26 heavy (non-hydrogen) atoms. The van der Waals surface area contributed by atoms with Gasteiger partial charge in [0.25, 0.3) is 5.91 Å². The minimum absolute atomic E-state index is 0. The summed E-state index contributed by atoms with van der Waals surface area (Å²) in [4.78, 5) is 16.3. The van der Waals surface area contributed by atoms with Gasteiger partial charge in [-0.05, 0) is 50.1 Å². The molecule has 0 spiro atoms. The van der Waals surface area contributed by atoms with Crippen molar-refractivity contribution >= 4 is 63.5 Å². The van der Waals surface area contributed by atoms with Gasteiger partial charge in [0.2, 0.25) is 0 Å². The second-order valence-electron chi connectivity index (χ2n) is 6.13. The third kappa shape index (κ3) is 8.04. The Morgan fingerprint density at radius 1 is 1.31 bits per heavy atom. The van der Waals surface area contributed by atoms with Crippen molar-refractivity contribution in [3.05, 3.63) is 34.3 Å². The molecule has 0 radical (unpaired) electrons. The molecule has 0 heterocycles. The van der Waals surface area contributed by atoms with Crippen molar-refractivity contribution < 1.29 is 4.79 Å². The molecular weight excluding hydrogens is 527 g/mol. The second kappa shape index (κ2) is 12.8. The van der Waals surface area contributed by atoms with Crippen LogP contribution in [-0.2, 0) is 0 Å². The zero-order chi connectivity index (χ0) is 18.1. The zero-order valence-corrected chi connectivity index (χ0v) is 20.0. The molecule has 146 valence electrons. The summed E-state index contributed by atoms with van der Waals surface area (Å²) in [6.07, 6.45) is 6.71. The summed E-state index contributed by atoms with van der Waals surface area (Å²) in [5, 5.41) is 10.5. The van der Waals surface area contributed by atoms with E-state index in [4.69, 9.17) is 0 Å². The summed E-state index contributed by atoms with van der Waals surface area (Å²) < 4.78 is 0.910. The van der Waals surface area contributed by atoms with Crippen LogP contribution in [0, 0.1) is 0 Å². The lowest BCUT2D eigenvalue weighted by Crippen LogP contribution is -2.43. The fourth-order valence-corrected chi connectivity index (χ4v) is 4.10. The van der Waals surface area contributed by atoms with Crippen LogP contribution in [0.15, 0.2) is 33.7 Å². The Balaban J connectivity index is 0.00000338. The predicted molar refractivity (Wildman–Crippen MR) is 126 cm³/mol. The Morgan fingerprint density at radius 2 is 2.08 bits per heavy atom. The summed E-state index contributed by atoms with van der Waals surface area (Å²) in [5.74, 6) is 0.808. The molecule has 2 unspecified atom stereocenters. The first-order valence-electron chi connectivity index (χ1n) is 8.66. The molecular formula is C18H28BrIN4OS. The lowest BCUT2D eigenvalue weighted by atomic mass is 10.2. The Bertz CT molecular complexity index is 602. The highest BCUT2D eigenvalue weighted by Gasteiger charge is 2.24. The third-order valence-corrected chi connectivity index (χ3v) is 5.89. The lowest BCUT2D eigenvalue weighted by Gasteiger charge is -2.17. The van der Waals surface area contributed by atoms with Gasteiger partial charge >= 0.3 is 0 Å². The molecule has 0 aromatic heterocycles. The number of aliphatic imine (C=N–C) groups is 1. The number of hydrogen-bond donors (Lipinski definition) is 3. The van der Waals surface area contributed by atoms with Crippen LogP contribution < -0.4 is 16.0 Å². The second-order valence-corrected chi connectivity index (χ2v) is 8.18. The summed E-state index contributed by atoms with van der Waals surface area (Å²) in [6, 6.07) is 7.92. The summed E-state index contributed by atoms with van der Waals surface area (Å²) in [7, 11) is 1.80. The Hall–Kier alpha value is -0.480. The van der Waals surface area contributed by atoms with Crippen molar-refractivity contribution in [3.63, 3.8) is 0 Å². The molecule has 1 fully saturated rings. The quantitative estimate of drug-likeness (QED) is 0.208. The molecule has 1 aromatic carbocycles. The van der Waals surface area contributed by atoms with Gasteiger partial charge in [0.15, 0.2) is 5.96 Å². The molecule has 2 atom stereocenters. The highest BCUT2D eigenvalue weighted by molar-refractivity contribution is 14.0. The van der Waals surface area contributed by atoms with Gasteiger partial charge in [-0.1, -0.05) is 22.0 Å². The zero-order valence-electron chi connectivity index (χ0n) is 15.3. The van der Waals surface area contributed by atoms with Gasteiger partial charge in [0.05, 0.1) is 0 Å². The van der Waals surface area contributed by atoms with Gasteiger partial charge in [0, 0.05) is 41.5 Å². The van der Waals surface area contributed by atoms with Crippen molar-refractivity contribution in [1.82, 2.24) is 16.0 Å². The maximum Gasteiger partial charge on any atom is 0.251 e. The number of carbonyl (C=O) groups is 1. The minimum atomic E-state index is -0.0436. The maximum absolute atomic E-state index is 12.0. The fourth-order valence-electron chi connectivity index (χ4n) is 2.90. The van der Waals surface area contributed by atoms with E-state index in [-0.39, 0.29) is 29.9 Å². The molecule has 1 aliphatic carbocycles. The van der Waals surface area contributed by atoms with Gasteiger partial charge in [-0.2, -0.15) is 11.8 Å². The van der Waals surface area contributed by atoms with Crippen LogP contribution in [0.1, 0.15) is 36.0 Å². The van der Waals surface area contributed by atoms with Gasteiger partial charge in [-0.3, -0.25) is 9.79 Å². The highest BCUT2D eigenvalue weighted by Crippen LogP contribution is 2.27. The number of thioether (sulfide) groups is 1. The molecule has 1 aromatic rings. The Morgan fingerprint density at radius 3 is 2.73 bits per heavy atom. The van der Waals surface area contributed by atoms with E-state index in [1.807, 2.05) is 36.0 Å². The number of guanidine groups is 1. The highest BCUT2D eigenvalue weighted by atomic mass is 127. The molecule has 0 saturated heterocycles.